The van der Waals surface area contributed by atoms with E-state index in [9.17, 15) is 4.79 Å². The van der Waals surface area contributed by atoms with E-state index in [1.807, 2.05) is 41.4 Å². The average Bonchev–Trinajstić information content (AvgIpc) is 3.18. The second-order valence-electron chi connectivity index (χ2n) is 7.47. The molecule has 1 amide bonds. The summed E-state index contributed by atoms with van der Waals surface area (Å²) < 4.78 is 0. The van der Waals surface area contributed by atoms with Gasteiger partial charge in [0.1, 0.15) is 5.82 Å². The summed E-state index contributed by atoms with van der Waals surface area (Å²) in [5.74, 6) is 1.22. The molecule has 2 saturated heterocycles. The van der Waals surface area contributed by atoms with Crippen LogP contribution in [0.4, 0.5) is 5.82 Å². The number of pyridine rings is 1. The van der Waals surface area contributed by atoms with Gasteiger partial charge in [-0.05, 0) is 68.4 Å². The van der Waals surface area contributed by atoms with Gasteiger partial charge in [-0.1, -0.05) is 18.2 Å². The molecule has 4 rings (SSSR count). The molecule has 136 valence electrons. The third-order valence-corrected chi connectivity index (χ3v) is 5.71. The Hall–Kier alpha value is -2.36. The fraction of sp³-hybridized carbons (Fsp3) is 0.455. The lowest BCUT2D eigenvalue weighted by Gasteiger charge is -2.30. The summed E-state index contributed by atoms with van der Waals surface area (Å²) in [6.45, 7) is 5.20. The zero-order chi connectivity index (χ0) is 17.9. The van der Waals surface area contributed by atoms with Crippen LogP contribution >= 0.6 is 0 Å². The first kappa shape index (κ1) is 17.1. The van der Waals surface area contributed by atoms with Crippen LogP contribution in [0.25, 0.3) is 0 Å². The number of benzene rings is 1. The molecular formula is C22H27N3O. The Kier molecular flexibility index (Phi) is 4.91. The Balaban J connectivity index is 1.57. The Morgan fingerprint density at radius 1 is 1.04 bits per heavy atom. The van der Waals surface area contributed by atoms with Gasteiger partial charge in [0.05, 0.1) is 6.04 Å². The zero-order valence-electron chi connectivity index (χ0n) is 15.5. The monoisotopic (exact) mass is 349 g/mol. The molecule has 4 heteroatoms. The molecule has 26 heavy (non-hydrogen) atoms. The van der Waals surface area contributed by atoms with Gasteiger partial charge in [-0.15, -0.1) is 0 Å². The van der Waals surface area contributed by atoms with E-state index in [1.54, 1.807) is 0 Å². The number of likely N-dealkylation sites (tertiary alicyclic amines) is 1. The minimum atomic E-state index is 0.132. The highest BCUT2D eigenvalue weighted by molar-refractivity contribution is 5.94. The van der Waals surface area contributed by atoms with Crippen LogP contribution in [0, 0.1) is 6.92 Å². The smallest absolute Gasteiger partial charge is 0.254 e. The van der Waals surface area contributed by atoms with Crippen LogP contribution in [0.15, 0.2) is 42.6 Å². The lowest BCUT2D eigenvalue weighted by molar-refractivity contribution is 0.0735. The average molecular weight is 349 g/mol. The van der Waals surface area contributed by atoms with Gasteiger partial charge in [0.25, 0.3) is 5.91 Å². The summed E-state index contributed by atoms with van der Waals surface area (Å²) in [6, 6.07) is 12.0. The molecule has 0 saturated carbocycles. The van der Waals surface area contributed by atoms with Crippen molar-refractivity contribution in [2.75, 3.05) is 24.5 Å². The molecule has 2 aliphatic heterocycles. The predicted octanol–water partition coefficient (Wildman–Crippen LogP) is 4.36. The van der Waals surface area contributed by atoms with Crippen LogP contribution in [-0.4, -0.2) is 35.4 Å². The number of carbonyl (C=O) groups is 1. The highest BCUT2D eigenvalue weighted by Gasteiger charge is 2.31. The molecule has 0 radical (unpaired) electrons. The van der Waals surface area contributed by atoms with Crippen molar-refractivity contribution in [2.45, 2.75) is 45.1 Å². The number of aromatic nitrogens is 1. The van der Waals surface area contributed by atoms with Crippen LogP contribution in [0.3, 0.4) is 0 Å². The molecule has 2 aromatic rings. The summed E-state index contributed by atoms with van der Waals surface area (Å²) in [5.41, 5.74) is 3.22. The summed E-state index contributed by atoms with van der Waals surface area (Å²) in [6.07, 6.45) is 7.92. The SMILES string of the molecule is Cc1cc(N2CCCCC2)ncc1[C@H]1CCCN1C(=O)c1ccccc1. The quantitative estimate of drug-likeness (QED) is 0.826. The summed E-state index contributed by atoms with van der Waals surface area (Å²) in [4.78, 5) is 22.1. The van der Waals surface area contributed by atoms with Gasteiger partial charge in [-0.25, -0.2) is 4.98 Å². The topological polar surface area (TPSA) is 36.4 Å². The number of aryl methyl sites for hydroxylation is 1. The van der Waals surface area contributed by atoms with Crippen LogP contribution in [-0.2, 0) is 0 Å². The minimum Gasteiger partial charge on any atom is -0.357 e. The van der Waals surface area contributed by atoms with E-state index < -0.39 is 0 Å². The van der Waals surface area contributed by atoms with Crippen LogP contribution in [0.2, 0.25) is 0 Å². The first-order valence-electron chi connectivity index (χ1n) is 9.81. The van der Waals surface area contributed by atoms with Crippen molar-refractivity contribution in [1.29, 1.82) is 0 Å². The molecule has 0 N–H and O–H groups in total. The molecule has 0 spiro atoms. The predicted molar refractivity (Wildman–Crippen MR) is 104 cm³/mol. The molecule has 2 aliphatic rings. The molecule has 4 nitrogen and oxygen atoms in total. The minimum absolute atomic E-state index is 0.132. The van der Waals surface area contributed by atoms with Gasteiger partial charge >= 0.3 is 0 Å². The van der Waals surface area contributed by atoms with Gasteiger partial charge in [0.15, 0.2) is 0 Å². The van der Waals surface area contributed by atoms with Crippen molar-refractivity contribution in [2.24, 2.45) is 0 Å². The molecule has 1 aromatic carbocycles. The summed E-state index contributed by atoms with van der Waals surface area (Å²) in [7, 11) is 0. The maximum Gasteiger partial charge on any atom is 0.254 e. The first-order chi connectivity index (χ1) is 12.7. The van der Waals surface area contributed by atoms with Crippen LogP contribution < -0.4 is 4.90 Å². The second kappa shape index (κ2) is 7.48. The molecule has 0 bridgehead atoms. The number of carbonyl (C=O) groups excluding carboxylic acids is 1. The van der Waals surface area contributed by atoms with E-state index in [4.69, 9.17) is 4.98 Å². The highest BCUT2D eigenvalue weighted by Crippen LogP contribution is 2.35. The third kappa shape index (κ3) is 3.33. The van der Waals surface area contributed by atoms with Crippen molar-refractivity contribution >= 4 is 11.7 Å². The van der Waals surface area contributed by atoms with Crippen molar-refractivity contribution in [3.8, 4) is 0 Å². The number of hydrogen-bond acceptors (Lipinski definition) is 3. The van der Waals surface area contributed by atoms with Gasteiger partial charge in [0.2, 0.25) is 0 Å². The van der Waals surface area contributed by atoms with Crippen LogP contribution in [0.5, 0.6) is 0 Å². The van der Waals surface area contributed by atoms with E-state index in [1.165, 1.54) is 30.4 Å². The largest absolute Gasteiger partial charge is 0.357 e. The lowest BCUT2D eigenvalue weighted by atomic mass is 10.0. The Morgan fingerprint density at radius 3 is 2.54 bits per heavy atom. The fourth-order valence-electron chi connectivity index (χ4n) is 4.28. The van der Waals surface area contributed by atoms with E-state index in [0.29, 0.717) is 0 Å². The molecule has 0 unspecified atom stereocenters. The zero-order valence-corrected chi connectivity index (χ0v) is 15.5. The molecular weight excluding hydrogens is 322 g/mol. The normalized spacial score (nSPS) is 20.4. The Labute approximate surface area is 155 Å². The van der Waals surface area contributed by atoms with Gasteiger partial charge in [-0.2, -0.15) is 0 Å². The maximum absolute atomic E-state index is 13.0. The van der Waals surface area contributed by atoms with Gasteiger partial charge in [-0.3, -0.25) is 4.79 Å². The standard InChI is InChI=1S/C22H27N3O/c1-17-15-21(24-12-6-3-7-13-24)23-16-19(17)20-11-8-14-25(20)22(26)18-9-4-2-5-10-18/h2,4-5,9-10,15-16,20H,3,6-8,11-14H2,1H3/t20-/m1/s1. The number of nitrogens with zero attached hydrogens (tertiary/aromatic N) is 3. The number of anilines is 1. The van der Waals surface area contributed by atoms with E-state index >= 15 is 0 Å². The second-order valence-corrected chi connectivity index (χ2v) is 7.47. The van der Waals surface area contributed by atoms with E-state index in [2.05, 4.69) is 17.9 Å². The Morgan fingerprint density at radius 2 is 1.81 bits per heavy atom. The van der Waals surface area contributed by atoms with Crippen molar-refractivity contribution in [3.05, 3.63) is 59.3 Å². The van der Waals surface area contributed by atoms with Crippen LogP contribution in [0.1, 0.15) is 59.6 Å². The lowest BCUT2D eigenvalue weighted by Crippen LogP contribution is -2.32. The number of rotatable bonds is 3. The van der Waals surface area contributed by atoms with Crippen molar-refractivity contribution < 1.29 is 4.79 Å². The fourth-order valence-corrected chi connectivity index (χ4v) is 4.28. The number of piperidine rings is 1. The highest BCUT2D eigenvalue weighted by atomic mass is 16.2. The van der Waals surface area contributed by atoms with Crippen molar-refractivity contribution in [3.63, 3.8) is 0 Å². The number of hydrogen-bond donors (Lipinski definition) is 0. The summed E-state index contributed by atoms with van der Waals surface area (Å²) >= 11 is 0. The Bertz CT molecular complexity index is 768. The molecule has 1 atom stereocenters. The third-order valence-electron chi connectivity index (χ3n) is 5.71. The van der Waals surface area contributed by atoms with E-state index in [0.717, 1.165) is 43.9 Å². The maximum atomic E-state index is 13.0. The molecule has 2 fully saturated rings. The van der Waals surface area contributed by atoms with Gasteiger partial charge in [0, 0.05) is 31.4 Å². The molecule has 0 aliphatic carbocycles. The van der Waals surface area contributed by atoms with E-state index in [-0.39, 0.29) is 11.9 Å². The molecule has 1 aromatic heterocycles. The molecule has 3 heterocycles. The van der Waals surface area contributed by atoms with Gasteiger partial charge < -0.3 is 9.80 Å². The number of amides is 1. The summed E-state index contributed by atoms with van der Waals surface area (Å²) in [5, 5.41) is 0. The van der Waals surface area contributed by atoms with Crippen molar-refractivity contribution in [1.82, 2.24) is 9.88 Å². The first-order valence-corrected chi connectivity index (χ1v) is 9.81.